The summed E-state index contributed by atoms with van der Waals surface area (Å²) in [5, 5.41) is 10.8. The molecule has 0 N–H and O–H groups in total. The van der Waals surface area contributed by atoms with Gasteiger partial charge >= 0.3 is 5.97 Å². The largest absolute Gasteiger partial charge is 0.490 e. The highest BCUT2D eigenvalue weighted by atomic mass is 79.9. The molecule has 30 heavy (non-hydrogen) atoms. The molecule has 1 aliphatic heterocycles. The molecule has 0 unspecified atom stereocenters. The Hall–Kier alpha value is -3.46. The van der Waals surface area contributed by atoms with Gasteiger partial charge in [0, 0.05) is 17.7 Å². The number of carbonyl (C=O) groups is 1. The van der Waals surface area contributed by atoms with Gasteiger partial charge in [0.15, 0.2) is 17.2 Å². The predicted octanol–water partition coefficient (Wildman–Crippen LogP) is 4.67. The van der Waals surface area contributed by atoms with Crippen LogP contribution in [0.15, 0.2) is 64.2 Å². The third-order valence-electron chi connectivity index (χ3n) is 3.93. The number of halogens is 1. The number of benzene rings is 2. The first-order valence-corrected chi connectivity index (χ1v) is 9.69. The summed E-state index contributed by atoms with van der Waals surface area (Å²) in [6.45, 7) is 6.23. The van der Waals surface area contributed by atoms with Crippen molar-refractivity contribution >= 4 is 39.6 Å². The molecule has 0 radical (unpaired) electrons. The van der Waals surface area contributed by atoms with Crippen molar-refractivity contribution in [2.24, 2.45) is 4.99 Å². The average molecular weight is 473 g/mol. The van der Waals surface area contributed by atoms with Crippen molar-refractivity contribution in [2.45, 2.75) is 6.92 Å². The van der Waals surface area contributed by atoms with Crippen LogP contribution in [-0.2, 0) is 9.53 Å². The molecule has 3 rings (SSSR count). The zero-order chi connectivity index (χ0) is 21.7. The smallest absolute Gasteiger partial charge is 0.363 e. The Bertz CT molecular complexity index is 1060. The van der Waals surface area contributed by atoms with Gasteiger partial charge in [-0.05, 0) is 58.8 Å². The standard InChI is InChI=1S/C21H17BrN2O6/c1-3-9-29-19-16(22)10-13(12-18(19)28-4-2)11-17-21(25)30-20(23-17)14-5-7-15(8-6-14)24(26)27/h3,5-8,10-12H,1,4,9H2,2H3/b17-11-. The van der Waals surface area contributed by atoms with E-state index in [0.29, 0.717) is 40.3 Å². The quantitative estimate of drug-likeness (QED) is 0.182. The molecular weight excluding hydrogens is 456 g/mol. The number of rotatable bonds is 8. The van der Waals surface area contributed by atoms with Crippen LogP contribution in [0.1, 0.15) is 18.1 Å². The molecule has 154 valence electrons. The van der Waals surface area contributed by atoms with Gasteiger partial charge in [0.25, 0.3) is 5.69 Å². The number of nitrogens with zero attached hydrogens (tertiary/aromatic N) is 2. The van der Waals surface area contributed by atoms with Gasteiger partial charge < -0.3 is 14.2 Å². The Morgan fingerprint density at radius 3 is 2.63 bits per heavy atom. The summed E-state index contributed by atoms with van der Waals surface area (Å²) >= 11 is 3.45. The van der Waals surface area contributed by atoms with Gasteiger partial charge in [0.2, 0.25) is 5.90 Å². The fraction of sp³-hybridized carbons (Fsp3) is 0.143. The number of non-ortho nitro benzene ring substituents is 1. The van der Waals surface area contributed by atoms with Crippen LogP contribution >= 0.6 is 15.9 Å². The zero-order valence-corrected chi connectivity index (χ0v) is 17.5. The lowest BCUT2D eigenvalue weighted by Gasteiger charge is -2.13. The van der Waals surface area contributed by atoms with E-state index in [4.69, 9.17) is 14.2 Å². The number of carbonyl (C=O) groups excluding carboxylic acids is 1. The van der Waals surface area contributed by atoms with Crippen LogP contribution < -0.4 is 9.47 Å². The summed E-state index contributed by atoms with van der Waals surface area (Å²) in [4.78, 5) is 26.7. The molecule has 0 aliphatic carbocycles. The molecule has 0 aromatic heterocycles. The molecule has 1 aliphatic rings. The molecule has 0 atom stereocenters. The molecule has 2 aromatic rings. The van der Waals surface area contributed by atoms with Crippen molar-refractivity contribution < 1.29 is 23.9 Å². The van der Waals surface area contributed by atoms with E-state index in [-0.39, 0.29) is 17.3 Å². The predicted molar refractivity (Wildman–Crippen MR) is 115 cm³/mol. The lowest BCUT2D eigenvalue weighted by Crippen LogP contribution is -2.05. The minimum Gasteiger partial charge on any atom is -0.490 e. The van der Waals surface area contributed by atoms with Gasteiger partial charge in [0.1, 0.15) is 6.61 Å². The number of nitro groups is 1. The molecule has 0 fully saturated rings. The summed E-state index contributed by atoms with van der Waals surface area (Å²) < 4.78 is 17.1. The number of hydrogen-bond donors (Lipinski definition) is 0. The molecule has 1 heterocycles. The van der Waals surface area contributed by atoms with E-state index in [1.54, 1.807) is 24.3 Å². The van der Waals surface area contributed by atoms with Crippen LogP contribution in [0.4, 0.5) is 5.69 Å². The first-order valence-electron chi connectivity index (χ1n) is 8.90. The minimum atomic E-state index is -0.621. The van der Waals surface area contributed by atoms with Crippen molar-refractivity contribution in [1.29, 1.82) is 0 Å². The van der Waals surface area contributed by atoms with Crippen LogP contribution in [0.3, 0.4) is 0 Å². The second-order valence-corrected chi connectivity index (χ2v) is 6.86. The zero-order valence-electron chi connectivity index (χ0n) is 16.0. The van der Waals surface area contributed by atoms with Gasteiger partial charge in [-0.15, -0.1) is 0 Å². The lowest BCUT2D eigenvalue weighted by molar-refractivity contribution is -0.384. The van der Waals surface area contributed by atoms with Gasteiger partial charge in [0.05, 0.1) is 16.0 Å². The van der Waals surface area contributed by atoms with Crippen molar-refractivity contribution in [3.8, 4) is 11.5 Å². The number of esters is 1. The van der Waals surface area contributed by atoms with E-state index >= 15 is 0 Å². The normalized spacial score (nSPS) is 14.3. The van der Waals surface area contributed by atoms with E-state index in [2.05, 4.69) is 27.5 Å². The number of hydrogen-bond acceptors (Lipinski definition) is 7. The number of ether oxygens (including phenoxy) is 3. The maximum Gasteiger partial charge on any atom is 0.363 e. The molecule has 0 bridgehead atoms. The van der Waals surface area contributed by atoms with Crippen LogP contribution in [0.2, 0.25) is 0 Å². The third-order valence-corrected chi connectivity index (χ3v) is 4.52. The van der Waals surface area contributed by atoms with Gasteiger partial charge in [-0.1, -0.05) is 12.7 Å². The minimum absolute atomic E-state index is 0.0634. The summed E-state index contributed by atoms with van der Waals surface area (Å²) in [5.41, 5.74) is 1.14. The van der Waals surface area contributed by atoms with Crippen LogP contribution in [-0.4, -0.2) is 30.0 Å². The van der Waals surface area contributed by atoms with Crippen molar-refractivity contribution in [3.63, 3.8) is 0 Å². The van der Waals surface area contributed by atoms with E-state index < -0.39 is 10.9 Å². The highest BCUT2D eigenvalue weighted by Gasteiger charge is 2.25. The Morgan fingerprint density at radius 1 is 1.27 bits per heavy atom. The molecule has 2 aromatic carbocycles. The molecule has 0 spiro atoms. The maximum absolute atomic E-state index is 12.2. The summed E-state index contributed by atoms with van der Waals surface area (Å²) in [6.07, 6.45) is 3.19. The van der Waals surface area contributed by atoms with Crippen molar-refractivity contribution in [3.05, 3.63) is 80.5 Å². The van der Waals surface area contributed by atoms with Crippen LogP contribution in [0, 0.1) is 10.1 Å². The lowest BCUT2D eigenvalue weighted by atomic mass is 10.1. The van der Waals surface area contributed by atoms with Gasteiger partial charge in [-0.2, -0.15) is 0 Å². The number of nitro benzene ring substituents is 1. The Kier molecular flexibility index (Phi) is 6.63. The molecular formula is C21H17BrN2O6. The SMILES string of the molecule is C=CCOc1c(Br)cc(/C=C2\N=C(c3ccc([N+](=O)[O-])cc3)OC2=O)cc1OCC. The monoisotopic (exact) mass is 472 g/mol. The highest BCUT2D eigenvalue weighted by molar-refractivity contribution is 9.10. The highest BCUT2D eigenvalue weighted by Crippen LogP contribution is 2.38. The molecule has 0 saturated heterocycles. The van der Waals surface area contributed by atoms with Crippen LogP contribution in [0.25, 0.3) is 6.08 Å². The Balaban J connectivity index is 1.92. The van der Waals surface area contributed by atoms with E-state index in [1.807, 2.05) is 6.92 Å². The van der Waals surface area contributed by atoms with Crippen molar-refractivity contribution in [2.75, 3.05) is 13.2 Å². The topological polar surface area (TPSA) is 100 Å². The van der Waals surface area contributed by atoms with E-state index in [1.165, 1.54) is 24.3 Å². The molecule has 0 saturated carbocycles. The van der Waals surface area contributed by atoms with Gasteiger partial charge in [-0.3, -0.25) is 10.1 Å². The first-order chi connectivity index (χ1) is 14.4. The Labute approximate surface area is 180 Å². The maximum atomic E-state index is 12.2. The van der Waals surface area contributed by atoms with E-state index in [9.17, 15) is 14.9 Å². The summed E-state index contributed by atoms with van der Waals surface area (Å²) in [7, 11) is 0. The second kappa shape index (κ2) is 9.36. The average Bonchev–Trinajstić information content (AvgIpc) is 3.08. The second-order valence-electron chi connectivity index (χ2n) is 6.00. The summed E-state index contributed by atoms with van der Waals surface area (Å²) in [5.74, 6) is 0.495. The molecule has 0 amide bonds. The number of cyclic esters (lactones) is 1. The molecule has 9 heteroatoms. The fourth-order valence-corrected chi connectivity index (χ4v) is 3.21. The van der Waals surface area contributed by atoms with Crippen molar-refractivity contribution in [1.82, 2.24) is 0 Å². The number of aliphatic imine (C=N–C) groups is 1. The third kappa shape index (κ3) is 4.74. The van der Waals surface area contributed by atoms with E-state index in [0.717, 1.165) is 0 Å². The summed E-state index contributed by atoms with van der Waals surface area (Å²) in [6, 6.07) is 9.08. The molecule has 8 nitrogen and oxygen atoms in total. The van der Waals surface area contributed by atoms with Crippen LogP contribution in [0.5, 0.6) is 11.5 Å². The fourth-order valence-electron chi connectivity index (χ4n) is 2.63. The first kappa shape index (κ1) is 21.3. The Morgan fingerprint density at radius 2 is 2.00 bits per heavy atom. The van der Waals surface area contributed by atoms with Gasteiger partial charge in [-0.25, -0.2) is 9.79 Å².